The molecule has 3 aromatic rings. The maximum atomic E-state index is 12.9. The monoisotopic (exact) mass is 282 g/mol. The normalized spacial score (nSPS) is 10.5. The highest BCUT2D eigenvalue weighted by Crippen LogP contribution is 2.20. The molecule has 0 amide bonds. The van der Waals surface area contributed by atoms with E-state index in [4.69, 9.17) is 9.78 Å². The number of rotatable bonds is 3. The van der Waals surface area contributed by atoms with Crippen LogP contribution in [0.25, 0.3) is 11.6 Å². The predicted octanol–water partition coefficient (Wildman–Crippen LogP) is 2.68. The summed E-state index contributed by atoms with van der Waals surface area (Å²) >= 11 is 0. The van der Waals surface area contributed by atoms with Crippen LogP contribution in [-0.4, -0.2) is 14.7 Å². The lowest BCUT2D eigenvalue weighted by Gasteiger charge is -1.96. The number of halogens is 1. The molecule has 1 aromatic carbocycles. The van der Waals surface area contributed by atoms with Crippen LogP contribution in [0.1, 0.15) is 17.0 Å². The number of nitrogens with zero attached hydrogens (tertiary/aromatic N) is 4. The van der Waals surface area contributed by atoms with Crippen molar-refractivity contribution in [2.75, 3.05) is 0 Å². The Balaban J connectivity index is 1.84. The number of aromatic nitrogens is 3. The average molecular weight is 282 g/mol. The first-order chi connectivity index (χ1) is 10.2. The molecule has 2 aromatic heterocycles. The predicted molar refractivity (Wildman–Crippen MR) is 72.6 cm³/mol. The lowest BCUT2D eigenvalue weighted by molar-refractivity contribution is 0.421. The van der Waals surface area contributed by atoms with Gasteiger partial charge in [0, 0.05) is 19.7 Å². The van der Waals surface area contributed by atoms with Gasteiger partial charge in [-0.2, -0.15) is 10.2 Å². The van der Waals surface area contributed by atoms with Crippen LogP contribution in [0.4, 0.5) is 4.39 Å². The molecule has 0 atom stereocenters. The van der Waals surface area contributed by atoms with Gasteiger partial charge in [-0.25, -0.2) is 4.39 Å². The minimum Gasteiger partial charge on any atom is -0.345 e. The van der Waals surface area contributed by atoms with Gasteiger partial charge < -0.3 is 9.09 Å². The second-order valence-corrected chi connectivity index (χ2v) is 4.66. The summed E-state index contributed by atoms with van der Waals surface area (Å²) in [6.45, 7) is 0. The van der Waals surface area contributed by atoms with E-state index < -0.39 is 0 Å². The first-order valence-electron chi connectivity index (χ1n) is 6.29. The van der Waals surface area contributed by atoms with Crippen molar-refractivity contribution < 1.29 is 8.91 Å². The van der Waals surface area contributed by atoms with Crippen LogP contribution < -0.4 is 0 Å². The molecular formula is C15H11FN4O. The van der Waals surface area contributed by atoms with Crippen LogP contribution in [0, 0.1) is 17.1 Å². The number of hydrogen-bond acceptors (Lipinski definition) is 4. The first-order valence-corrected chi connectivity index (χ1v) is 6.29. The summed E-state index contributed by atoms with van der Waals surface area (Å²) in [7, 11) is 1.81. The van der Waals surface area contributed by atoms with Crippen molar-refractivity contribution in [1.29, 1.82) is 5.26 Å². The lowest BCUT2D eigenvalue weighted by Crippen LogP contribution is -1.92. The third-order valence-corrected chi connectivity index (χ3v) is 3.10. The topological polar surface area (TPSA) is 67.6 Å². The standard InChI is InChI=1S/C15H11FN4O/c1-20-9-11(8-17)6-13(20)15-18-14(19-21-15)7-10-2-4-12(16)5-3-10/h2-6,9H,7H2,1H3. The highest BCUT2D eigenvalue weighted by Gasteiger charge is 2.13. The Kier molecular flexibility index (Phi) is 3.24. The number of nitriles is 1. The lowest BCUT2D eigenvalue weighted by atomic mass is 10.1. The van der Waals surface area contributed by atoms with Gasteiger partial charge in [0.1, 0.15) is 17.6 Å². The molecule has 0 aliphatic carbocycles. The molecule has 6 heteroatoms. The van der Waals surface area contributed by atoms with E-state index >= 15 is 0 Å². The summed E-state index contributed by atoms with van der Waals surface area (Å²) in [5.41, 5.74) is 2.11. The van der Waals surface area contributed by atoms with Crippen molar-refractivity contribution in [2.24, 2.45) is 7.05 Å². The van der Waals surface area contributed by atoms with E-state index in [1.165, 1.54) is 12.1 Å². The van der Waals surface area contributed by atoms with Crippen molar-refractivity contribution in [1.82, 2.24) is 14.7 Å². The SMILES string of the molecule is Cn1cc(C#N)cc1-c1nc(Cc2ccc(F)cc2)no1. The molecule has 2 heterocycles. The van der Waals surface area contributed by atoms with Crippen molar-refractivity contribution in [2.45, 2.75) is 6.42 Å². The van der Waals surface area contributed by atoms with Gasteiger partial charge in [-0.1, -0.05) is 17.3 Å². The Bertz CT molecular complexity index is 811. The Morgan fingerprint density at radius 1 is 1.33 bits per heavy atom. The maximum Gasteiger partial charge on any atom is 0.274 e. The largest absolute Gasteiger partial charge is 0.345 e. The summed E-state index contributed by atoms with van der Waals surface area (Å²) < 4.78 is 19.8. The van der Waals surface area contributed by atoms with E-state index in [0.717, 1.165) is 5.56 Å². The van der Waals surface area contributed by atoms with E-state index in [-0.39, 0.29) is 5.82 Å². The first kappa shape index (κ1) is 13.1. The molecule has 21 heavy (non-hydrogen) atoms. The highest BCUT2D eigenvalue weighted by molar-refractivity contribution is 5.52. The zero-order valence-corrected chi connectivity index (χ0v) is 11.2. The quantitative estimate of drug-likeness (QED) is 0.740. The fourth-order valence-corrected chi connectivity index (χ4v) is 2.05. The molecule has 0 aliphatic heterocycles. The molecule has 0 radical (unpaired) electrons. The zero-order valence-electron chi connectivity index (χ0n) is 11.2. The van der Waals surface area contributed by atoms with E-state index in [1.54, 1.807) is 36.0 Å². The minimum atomic E-state index is -0.277. The molecule has 0 N–H and O–H groups in total. The van der Waals surface area contributed by atoms with Crippen molar-refractivity contribution in [3.05, 3.63) is 59.3 Å². The fraction of sp³-hybridized carbons (Fsp3) is 0.133. The maximum absolute atomic E-state index is 12.9. The van der Waals surface area contributed by atoms with Crippen molar-refractivity contribution >= 4 is 0 Å². The Hall–Kier alpha value is -2.94. The fourth-order valence-electron chi connectivity index (χ4n) is 2.05. The van der Waals surface area contributed by atoms with Crippen LogP contribution in [-0.2, 0) is 13.5 Å². The molecule has 0 saturated carbocycles. The molecule has 0 unspecified atom stereocenters. The van der Waals surface area contributed by atoms with E-state index in [9.17, 15) is 4.39 Å². The number of aryl methyl sites for hydroxylation is 1. The van der Waals surface area contributed by atoms with Gasteiger partial charge in [-0.05, 0) is 23.8 Å². The molecule has 104 valence electrons. The van der Waals surface area contributed by atoms with Crippen LogP contribution in [0.2, 0.25) is 0 Å². The third-order valence-electron chi connectivity index (χ3n) is 3.10. The van der Waals surface area contributed by atoms with Gasteiger partial charge in [0.2, 0.25) is 0 Å². The van der Waals surface area contributed by atoms with Crippen LogP contribution >= 0.6 is 0 Å². The van der Waals surface area contributed by atoms with Gasteiger partial charge >= 0.3 is 0 Å². The summed E-state index contributed by atoms with van der Waals surface area (Å²) in [4.78, 5) is 4.30. The molecule has 5 nitrogen and oxygen atoms in total. The second-order valence-electron chi connectivity index (χ2n) is 4.66. The van der Waals surface area contributed by atoms with E-state index in [2.05, 4.69) is 16.2 Å². The smallest absolute Gasteiger partial charge is 0.274 e. The Morgan fingerprint density at radius 2 is 2.10 bits per heavy atom. The van der Waals surface area contributed by atoms with Gasteiger partial charge in [0.05, 0.1) is 5.56 Å². The Labute approximate surface area is 120 Å². The zero-order chi connectivity index (χ0) is 14.8. The summed E-state index contributed by atoms with van der Waals surface area (Å²) in [5.74, 6) is 0.591. The third kappa shape index (κ3) is 2.67. The number of hydrogen-bond donors (Lipinski definition) is 0. The van der Waals surface area contributed by atoms with Crippen LogP contribution in [0.3, 0.4) is 0 Å². The van der Waals surface area contributed by atoms with Gasteiger partial charge in [-0.15, -0.1) is 0 Å². The van der Waals surface area contributed by atoms with E-state index in [0.29, 0.717) is 29.4 Å². The van der Waals surface area contributed by atoms with Gasteiger partial charge in [0.15, 0.2) is 5.82 Å². The van der Waals surface area contributed by atoms with E-state index in [1.807, 2.05) is 0 Å². The molecule has 0 bridgehead atoms. The summed E-state index contributed by atoms with van der Waals surface area (Å²) in [6, 6.07) is 9.91. The molecule has 0 saturated heterocycles. The van der Waals surface area contributed by atoms with Crippen LogP contribution in [0.5, 0.6) is 0 Å². The van der Waals surface area contributed by atoms with Gasteiger partial charge in [0.25, 0.3) is 5.89 Å². The minimum absolute atomic E-state index is 0.277. The van der Waals surface area contributed by atoms with Crippen molar-refractivity contribution in [3.8, 4) is 17.7 Å². The van der Waals surface area contributed by atoms with Gasteiger partial charge in [-0.3, -0.25) is 0 Å². The average Bonchev–Trinajstić information content (AvgIpc) is 3.07. The summed E-state index contributed by atoms with van der Waals surface area (Å²) in [6.07, 6.45) is 2.15. The van der Waals surface area contributed by atoms with Crippen LogP contribution in [0.15, 0.2) is 41.1 Å². The molecular weight excluding hydrogens is 271 g/mol. The highest BCUT2D eigenvalue weighted by atomic mass is 19.1. The number of benzene rings is 1. The second kappa shape index (κ2) is 5.21. The molecule has 3 rings (SSSR count). The Morgan fingerprint density at radius 3 is 2.76 bits per heavy atom. The van der Waals surface area contributed by atoms with Crippen molar-refractivity contribution in [3.63, 3.8) is 0 Å². The molecule has 0 spiro atoms. The molecule has 0 aliphatic rings. The summed E-state index contributed by atoms with van der Waals surface area (Å²) in [5, 5.41) is 12.8. The molecule has 0 fully saturated rings.